The van der Waals surface area contributed by atoms with E-state index in [0.717, 1.165) is 29.1 Å². The van der Waals surface area contributed by atoms with Gasteiger partial charge >= 0.3 is 6.18 Å². The minimum atomic E-state index is -4.55. The van der Waals surface area contributed by atoms with Crippen LogP contribution >= 0.6 is 0 Å². The number of nitrogens with zero attached hydrogens (tertiary/aromatic N) is 4. The highest BCUT2D eigenvalue weighted by atomic mass is 19.4. The number of hydrogen-bond donors (Lipinski definition) is 1. The minimum Gasteiger partial charge on any atom is -0.342 e. The van der Waals surface area contributed by atoms with Gasteiger partial charge in [-0.1, -0.05) is 6.07 Å². The van der Waals surface area contributed by atoms with Crippen LogP contribution < -0.4 is 5.32 Å². The number of hydrogen-bond acceptors (Lipinski definition) is 4. The van der Waals surface area contributed by atoms with Crippen LogP contribution in [0.4, 0.5) is 18.9 Å². The molecule has 1 aliphatic rings. The van der Waals surface area contributed by atoms with Crippen LogP contribution in [0.2, 0.25) is 0 Å². The van der Waals surface area contributed by atoms with Crippen LogP contribution in [0.25, 0.3) is 11.0 Å². The molecular formula is C26H26F3N5O2. The lowest BCUT2D eigenvalue weighted by Gasteiger charge is -2.34. The summed E-state index contributed by atoms with van der Waals surface area (Å²) in [7, 11) is 1.87. The quantitative estimate of drug-likeness (QED) is 0.555. The number of fused-ring (bicyclic) bond motifs is 1. The summed E-state index contributed by atoms with van der Waals surface area (Å²) in [6, 6.07) is 8.42. The number of nitriles is 1. The van der Waals surface area contributed by atoms with Gasteiger partial charge in [0.25, 0.3) is 5.91 Å². The molecule has 1 aromatic carbocycles. The van der Waals surface area contributed by atoms with Gasteiger partial charge in [-0.2, -0.15) is 18.4 Å². The summed E-state index contributed by atoms with van der Waals surface area (Å²) in [6.45, 7) is 3.29. The molecule has 3 heterocycles. The molecule has 1 fully saturated rings. The molecule has 0 bridgehead atoms. The van der Waals surface area contributed by atoms with E-state index in [4.69, 9.17) is 5.26 Å². The Hall–Kier alpha value is -3.87. The topological polar surface area (TPSA) is 91.0 Å². The maximum absolute atomic E-state index is 13.0. The van der Waals surface area contributed by atoms with E-state index >= 15 is 0 Å². The van der Waals surface area contributed by atoms with Gasteiger partial charge in [0.05, 0.1) is 23.5 Å². The normalized spacial score (nSPS) is 15.5. The molecule has 10 heteroatoms. The Morgan fingerprint density at radius 3 is 2.58 bits per heavy atom. The van der Waals surface area contributed by atoms with E-state index in [2.05, 4.69) is 10.3 Å². The number of pyridine rings is 1. The van der Waals surface area contributed by atoms with Crippen LogP contribution in [-0.2, 0) is 11.8 Å². The van der Waals surface area contributed by atoms with Crippen LogP contribution in [0.1, 0.15) is 52.7 Å². The molecule has 1 atom stereocenters. The SMILES string of the molecule is Cc1c(NC(=O)c2cccc(C#N)c2)cnc2c1c(C1CCN(C(=O)[C@@H](C)C(F)(F)F)CC1)cn2C. The highest BCUT2D eigenvalue weighted by Gasteiger charge is 2.43. The monoisotopic (exact) mass is 497 g/mol. The smallest absolute Gasteiger partial charge is 0.342 e. The van der Waals surface area contributed by atoms with E-state index in [1.165, 1.54) is 11.0 Å². The summed E-state index contributed by atoms with van der Waals surface area (Å²) in [5.41, 5.74) is 3.82. The molecular weight excluding hydrogens is 471 g/mol. The molecule has 0 unspecified atom stereocenters. The van der Waals surface area contributed by atoms with E-state index < -0.39 is 18.0 Å². The summed E-state index contributed by atoms with van der Waals surface area (Å²) in [4.78, 5) is 30.9. The second-order valence-electron chi connectivity index (χ2n) is 9.20. The fourth-order valence-electron chi connectivity index (χ4n) is 4.72. The lowest BCUT2D eigenvalue weighted by atomic mass is 9.88. The molecule has 1 saturated heterocycles. The Morgan fingerprint density at radius 2 is 1.94 bits per heavy atom. The van der Waals surface area contributed by atoms with E-state index in [1.807, 2.05) is 30.8 Å². The predicted molar refractivity (Wildman–Crippen MR) is 128 cm³/mol. The summed E-state index contributed by atoms with van der Waals surface area (Å²) in [6.07, 6.45) is 0.0718. The molecule has 36 heavy (non-hydrogen) atoms. The van der Waals surface area contributed by atoms with Crippen LogP contribution in [0, 0.1) is 24.2 Å². The van der Waals surface area contributed by atoms with E-state index in [9.17, 15) is 22.8 Å². The number of amides is 2. The molecule has 188 valence electrons. The third kappa shape index (κ3) is 4.78. The predicted octanol–water partition coefficient (Wildman–Crippen LogP) is 4.91. The van der Waals surface area contributed by atoms with Gasteiger partial charge in [-0.15, -0.1) is 0 Å². The van der Waals surface area contributed by atoms with Crippen molar-refractivity contribution in [2.45, 2.75) is 38.8 Å². The number of anilines is 1. The molecule has 0 saturated carbocycles. The van der Waals surface area contributed by atoms with Gasteiger partial charge in [0.2, 0.25) is 5.91 Å². The molecule has 0 spiro atoms. The summed E-state index contributed by atoms with van der Waals surface area (Å²) >= 11 is 0. The van der Waals surface area contributed by atoms with Gasteiger partial charge in [-0.05, 0) is 61.9 Å². The highest BCUT2D eigenvalue weighted by Crippen LogP contribution is 2.38. The number of aryl methyl sites for hydroxylation is 2. The third-order valence-electron chi connectivity index (χ3n) is 6.88. The molecule has 7 nitrogen and oxygen atoms in total. The van der Waals surface area contributed by atoms with Crippen LogP contribution in [0.3, 0.4) is 0 Å². The molecule has 1 aliphatic heterocycles. The summed E-state index contributed by atoms with van der Waals surface area (Å²) < 4.78 is 40.9. The number of nitrogens with one attached hydrogen (secondary N) is 1. The second kappa shape index (κ2) is 9.64. The van der Waals surface area contributed by atoms with Crippen molar-refractivity contribution in [3.05, 3.63) is 58.9 Å². The maximum Gasteiger partial charge on any atom is 0.400 e. The van der Waals surface area contributed by atoms with Crippen LogP contribution in [-0.4, -0.2) is 45.5 Å². The van der Waals surface area contributed by atoms with Crippen LogP contribution in [0.15, 0.2) is 36.7 Å². The maximum atomic E-state index is 13.0. The zero-order valence-corrected chi connectivity index (χ0v) is 20.2. The molecule has 4 rings (SSSR count). The third-order valence-corrected chi connectivity index (χ3v) is 6.88. The first-order valence-electron chi connectivity index (χ1n) is 11.6. The van der Waals surface area contributed by atoms with Crippen LogP contribution in [0.5, 0.6) is 0 Å². The second-order valence-corrected chi connectivity index (χ2v) is 9.20. The molecule has 0 aliphatic carbocycles. The average molecular weight is 498 g/mol. The Labute approximate surface area is 206 Å². The minimum absolute atomic E-state index is 0.0395. The van der Waals surface area contributed by atoms with Crippen molar-refractivity contribution >= 4 is 28.5 Å². The fraction of sp³-hybridized carbons (Fsp3) is 0.385. The lowest BCUT2D eigenvalue weighted by molar-refractivity contribution is -0.186. The number of carbonyl (C=O) groups is 2. The molecule has 2 amide bonds. The largest absolute Gasteiger partial charge is 0.400 e. The zero-order valence-electron chi connectivity index (χ0n) is 20.2. The first-order valence-corrected chi connectivity index (χ1v) is 11.6. The van der Waals surface area contributed by atoms with Crippen molar-refractivity contribution in [2.75, 3.05) is 18.4 Å². The van der Waals surface area contributed by atoms with E-state index in [0.29, 0.717) is 29.7 Å². The number of benzene rings is 1. The van der Waals surface area contributed by atoms with Crippen molar-refractivity contribution in [1.82, 2.24) is 14.5 Å². The van der Waals surface area contributed by atoms with E-state index in [-0.39, 0.29) is 24.9 Å². The van der Waals surface area contributed by atoms with Gasteiger partial charge in [0.15, 0.2) is 0 Å². The van der Waals surface area contributed by atoms with Crippen molar-refractivity contribution < 1.29 is 22.8 Å². The van der Waals surface area contributed by atoms with E-state index in [1.54, 1.807) is 24.4 Å². The fourth-order valence-corrected chi connectivity index (χ4v) is 4.72. The molecule has 2 aromatic heterocycles. The van der Waals surface area contributed by atoms with Gasteiger partial charge in [-0.25, -0.2) is 4.98 Å². The molecule has 1 N–H and O–H groups in total. The highest BCUT2D eigenvalue weighted by molar-refractivity contribution is 6.06. The van der Waals surface area contributed by atoms with Gasteiger partial charge in [-0.3, -0.25) is 9.59 Å². The Bertz CT molecular complexity index is 1360. The van der Waals surface area contributed by atoms with Crippen molar-refractivity contribution in [1.29, 1.82) is 5.26 Å². The summed E-state index contributed by atoms with van der Waals surface area (Å²) in [5, 5.41) is 12.9. The lowest BCUT2D eigenvalue weighted by Crippen LogP contribution is -2.44. The number of rotatable bonds is 4. The van der Waals surface area contributed by atoms with Gasteiger partial charge in [0.1, 0.15) is 11.6 Å². The molecule has 0 radical (unpaired) electrons. The Morgan fingerprint density at radius 1 is 1.25 bits per heavy atom. The number of aromatic nitrogens is 2. The summed E-state index contributed by atoms with van der Waals surface area (Å²) in [5.74, 6) is -3.22. The first-order chi connectivity index (χ1) is 17.0. The van der Waals surface area contributed by atoms with Crippen molar-refractivity contribution in [2.24, 2.45) is 13.0 Å². The average Bonchev–Trinajstić information content (AvgIpc) is 3.21. The van der Waals surface area contributed by atoms with Gasteiger partial charge < -0.3 is 14.8 Å². The number of halogens is 3. The first kappa shape index (κ1) is 25.2. The Kier molecular flexibility index (Phi) is 6.76. The standard InChI is InChI=1S/C26H26F3N5O2/c1-15-21(32-24(35)19-6-4-5-17(11-19)12-30)13-31-23-22(15)20(14-33(23)3)18-7-9-34(10-8-18)25(36)16(2)26(27,28)29/h4-6,11,13-14,16,18H,7-10H2,1-3H3,(H,32,35)/t16-/m1/s1. The number of likely N-dealkylation sites (tertiary alicyclic amines) is 1. The number of piperidine rings is 1. The Balaban J connectivity index is 1.57. The zero-order chi connectivity index (χ0) is 26.2. The number of carbonyl (C=O) groups excluding carboxylic acids is 2. The van der Waals surface area contributed by atoms with Gasteiger partial charge in [0, 0.05) is 37.3 Å². The number of alkyl halides is 3. The molecule has 3 aromatic rings. The van der Waals surface area contributed by atoms with Crippen molar-refractivity contribution in [3.8, 4) is 6.07 Å². The van der Waals surface area contributed by atoms with Crippen molar-refractivity contribution in [3.63, 3.8) is 0 Å².